The van der Waals surface area contributed by atoms with Gasteiger partial charge in [0.15, 0.2) is 0 Å². The van der Waals surface area contributed by atoms with Crippen molar-refractivity contribution in [3.05, 3.63) is 114 Å². The molecule has 0 atom stereocenters. The maximum absolute atomic E-state index is 13.3. The molecule has 2 aromatic carbocycles. The van der Waals surface area contributed by atoms with Crippen LogP contribution in [0.3, 0.4) is 0 Å². The monoisotopic (exact) mass is 658 g/mol. The largest absolute Gasteiger partial charge is 0.383 e. The number of nitrogens with zero attached hydrogens (tertiary/aromatic N) is 6. The number of aromatic nitrogens is 5. The van der Waals surface area contributed by atoms with Crippen molar-refractivity contribution in [3.63, 3.8) is 0 Å². The first-order valence-corrected chi connectivity index (χ1v) is 16.6. The van der Waals surface area contributed by atoms with Crippen LogP contribution in [0.5, 0.6) is 0 Å². The van der Waals surface area contributed by atoms with Gasteiger partial charge < -0.3 is 21.4 Å². The Kier molecular flexibility index (Phi) is 13.3. The summed E-state index contributed by atoms with van der Waals surface area (Å²) >= 11 is 0. The molecule has 0 bridgehead atoms. The van der Waals surface area contributed by atoms with Crippen molar-refractivity contribution in [1.29, 1.82) is 10.7 Å². The predicted molar refractivity (Wildman–Crippen MR) is 195 cm³/mol. The molecule has 5 N–H and O–H groups in total. The van der Waals surface area contributed by atoms with Crippen LogP contribution in [0.4, 0.5) is 16.0 Å². The van der Waals surface area contributed by atoms with Crippen LogP contribution < -0.4 is 11.1 Å². The molecule has 49 heavy (non-hydrogen) atoms. The standard InChI is InChI=1S/C34H31FN10.2C2H6/c35-25-9-7-23(8-10-25)28(37)11-12-29-43-32(33(44-29)27-2-1-16-40-34(27)38)24-5-3-22(4-6-24)21-45-18-14-26(15-19-45)41-30-13-17-39-31(20-36)42-30;2*1-2/h1-13,16-17,26,37H,14-15,18-19,21H2,(H2,38,40)(H,43,44)(H,39,41,42);2*1-2H3/b12-11-,37-28?;;. The van der Waals surface area contributed by atoms with Crippen molar-refractivity contribution in [2.45, 2.75) is 53.1 Å². The number of nitrogen functional groups attached to an aromatic ring is 1. The molecule has 1 saturated heterocycles. The Balaban J connectivity index is 0.00000130. The lowest BCUT2D eigenvalue weighted by Crippen LogP contribution is -2.38. The van der Waals surface area contributed by atoms with Crippen LogP contribution in [-0.4, -0.2) is 54.7 Å². The third-order valence-corrected chi connectivity index (χ3v) is 7.72. The Bertz CT molecular complexity index is 1870. The Hall–Kier alpha value is -5.73. The molecule has 1 aliphatic heterocycles. The van der Waals surface area contributed by atoms with Gasteiger partial charge in [0.2, 0.25) is 5.82 Å². The molecule has 0 unspecified atom stereocenters. The Morgan fingerprint density at radius 3 is 2.39 bits per heavy atom. The summed E-state index contributed by atoms with van der Waals surface area (Å²) in [5.74, 6) is 1.45. The van der Waals surface area contributed by atoms with Crippen molar-refractivity contribution in [1.82, 2.24) is 29.8 Å². The quantitative estimate of drug-likeness (QED) is 0.117. The maximum Gasteiger partial charge on any atom is 0.234 e. The van der Waals surface area contributed by atoms with Gasteiger partial charge in [-0.15, -0.1) is 0 Å². The van der Waals surface area contributed by atoms with E-state index in [0.717, 1.165) is 55.0 Å². The van der Waals surface area contributed by atoms with E-state index >= 15 is 0 Å². The van der Waals surface area contributed by atoms with Crippen LogP contribution in [0.2, 0.25) is 0 Å². The molecule has 0 amide bonds. The summed E-state index contributed by atoms with van der Waals surface area (Å²) in [5, 5.41) is 20.9. The highest BCUT2D eigenvalue weighted by Crippen LogP contribution is 2.33. The number of hydrogen-bond acceptors (Lipinski definition) is 9. The number of H-pyrrole nitrogens is 1. The van der Waals surface area contributed by atoms with E-state index < -0.39 is 0 Å². The van der Waals surface area contributed by atoms with E-state index in [9.17, 15) is 4.39 Å². The lowest BCUT2D eigenvalue weighted by atomic mass is 10.0. The second-order valence-corrected chi connectivity index (χ2v) is 10.8. The summed E-state index contributed by atoms with van der Waals surface area (Å²) in [6, 6.07) is 22.0. The number of rotatable bonds is 9. The fourth-order valence-corrected chi connectivity index (χ4v) is 5.35. The van der Waals surface area contributed by atoms with E-state index in [2.05, 4.69) is 54.4 Å². The number of nitrogens with two attached hydrogens (primary N) is 1. The molecular weight excluding hydrogens is 615 g/mol. The number of anilines is 2. The summed E-state index contributed by atoms with van der Waals surface area (Å²) in [6.45, 7) is 10.7. The fraction of sp³-hybridized carbons (Fsp3) is 0.263. The second kappa shape index (κ2) is 18.0. The first-order chi connectivity index (χ1) is 23.9. The van der Waals surface area contributed by atoms with E-state index in [1.807, 2.05) is 45.9 Å². The third kappa shape index (κ3) is 9.65. The normalized spacial score (nSPS) is 13.1. The summed E-state index contributed by atoms with van der Waals surface area (Å²) in [6.07, 6.45) is 8.55. The van der Waals surface area contributed by atoms with Gasteiger partial charge >= 0.3 is 0 Å². The highest BCUT2D eigenvalue weighted by Gasteiger charge is 2.20. The highest BCUT2D eigenvalue weighted by molar-refractivity contribution is 6.08. The van der Waals surface area contributed by atoms with Gasteiger partial charge in [-0.3, -0.25) is 4.90 Å². The molecule has 252 valence electrons. The van der Waals surface area contributed by atoms with Gasteiger partial charge in [-0.1, -0.05) is 52.0 Å². The Morgan fingerprint density at radius 1 is 1.00 bits per heavy atom. The average molecular weight is 659 g/mol. The predicted octanol–water partition coefficient (Wildman–Crippen LogP) is 7.73. The van der Waals surface area contributed by atoms with Crippen molar-refractivity contribution in [2.75, 3.05) is 24.1 Å². The van der Waals surface area contributed by atoms with E-state index in [4.69, 9.17) is 21.4 Å². The second-order valence-electron chi connectivity index (χ2n) is 10.8. The lowest BCUT2D eigenvalue weighted by Gasteiger charge is -2.32. The van der Waals surface area contributed by atoms with Crippen molar-refractivity contribution < 1.29 is 4.39 Å². The summed E-state index contributed by atoms with van der Waals surface area (Å²) < 4.78 is 13.3. The topological polar surface area (TPSA) is 156 Å². The molecule has 1 fully saturated rings. The number of pyridine rings is 1. The minimum atomic E-state index is -0.343. The number of hydrogen-bond donors (Lipinski definition) is 4. The number of aromatic amines is 1. The molecule has 3 aromatic heterocycles. The molecule has 11 heteroatoms. The van der Waals surface area contributed by atoms with E-state index in [-0.39, 0.29) is 17.4 Å². The molecule has 4 heterocycles. The zero-order valence-corrected chi connectivity index (χ0v) is 28.4. The first-order valence-electron chi connectivity index (χ1n) is 16.6. The van der Waals surface area contributed by atoms with Crippen LogP contribution in [0.25, 0.3) is 28.6 Å². The fourth-order valence-electron chi connectivity index (χ4n) is 5.35. The number of benzene rings is 2. The molecular formula is C38H43FN10. The molecule has 1 aliphatic rings. The molecule has 6 rings (SSSR count). The minimum absolute atomic E-state index is 0.168. The number of nitriles is 1. The van der Waals surface area contributed by atoms with Crippen LogP contribution >= 0.6 is 0 Å². The van der Waals surface area contributed by atoms with Gasteiger partial charge in [0, 0.05) is 49.2 Å². The smallest absolute Gasteiger partial charge is 0.234 e. The summed E-state index contributed by atoms with van der Waals surface area (Å²) in [5.41, 5.74) is 11.4. The number of imidazole rings is 1. The van der Waals surface area contributed by atoms with E-state index in [1.54, 1.807) is 42.7 Å². The Morgan fingerprint density at radius 2 is 1.71 bits per heavy atom. The molecule has 0 saturated carbocycles. The number of nitrogens with one attached hydrogen (secondary N) is 3. The van der Waals surface area contributed by atoms with Crippen LogP contribution in [0.15, 0.2) is 85.2 Å². The number of likely N-dealkylation sites (tertiary alicyclic amines) is 1. The molecule has 5 aromatic rings. The summed E-state index contributed by atoms with van der Waals surface area (Å²) in [4.78, 5) is 23.1. The SMILES string of the molecule is CC.CC.N#Cc1nccc(NC2CCN(Cc3ccc(-c4nc(/C=C\C(=N)c5ccc(F)cc5)[nH]c4-c4cccnc4N)cc3)CC2)n1. The van der Waals surface area contributed by atoms with Gasteiger partial charge in [-0.25, -0.2) is 24.3 Å². The van der Waals surface area contributed by atoms with Crippen molar-refractivity contribution in [3.8, 4) is 28.6 Å². The number of halogens is 1. The van der Waals surface area contributed by atoms with Gasteiger partial charge in [0.25, 0.3) is 0 Å². The van der Waals surface area contributed by atoms with E-state index in [1.165, 1.54) is 17.7 Å². The molecule has 0 aliphatic carbocycles. The van der Waals surface area contributed by atoms with Crippen LogP contribution in [0, 0.1) is 22.6 Å². The zero-order valence-electron chi connectivity index (χ0n) is 28.4. The van der Waals surface area contributed by atoms with Crippen molar-refractivity contribution in [2.24, 2.45) is 0 Å². The van der Waals surface area contributed by atoms with Crippen LogP contribution in [0.1, 0.15) is 63.3 Å². The summed E-state index contributed by atoms with van der Waals surface area (Å²) in [7, 11) is 0. The Labute approximate surface area is 287 Å². The third-order valence-electron chi connectivity index (χ3n) is 7.72. The maximum atomic E-state index is 13.3. The van der Waals surface area contributed by atoms with E-state index in [0.29, 0.717) is 29.1 Å². The highest BCUT2D eigenvalue weighted by atomic mass is 19.1. The lowest BCUT2D eigenvalue weighted by molar-refractivity contribution is 0.211. The van der Waals surface area contributed by atoms with Gasteiger partial charge in [0.1, 0.15) is 29.3 Å². The molecule has 0 radical (unpaired) electrons. The molecule has 10 nitrogen and oxygen atoms in total. The van der Waals surface area contributed by atoms with Crippen LogP contribution in [-0.2, 0) is 6.54 Å². The van der Waals surface area contributed by atoms with Gasteiger partial charge in [-0.05, 0) is 78.6 Å². The van der Waals surface area contributed by atoms with Gasteiger partial charge in [-0.2, -0.15) is 5.26 Å². The number of allylic oxidation sites excluding steroid dienone is 1. The number of piperidine rings is 1. The first kappa shape index (κ1) is 36.1. The average Bonchev–Trinajstić information content (AvgIpc) is 3.58. The van der Waals surface area contributed by atoms with Gasteiger partial charge in [0.05, 0.1) is 17.1 Å². The molecule has 0 spiro atoms. The zero-order chi connectivity index (χ0) is 35.2. The van der Waals surface area contributed by atoms with Crippen molar-refractivity contribution >= 4 is 23.4 Å². The minimum Gasteiger partial charge on any atom is -0.383 e.